The predicted molar refractivity (Wildman–Crippen MR) is 77.7 cm³/mol. The quantitative estimate of drug-likeness (QED) is 0.731. The van der Waals surface area contributed by atoms with Gasteiger partial charge in [0.05, 0.1) is 6.61 Å². The molecule has 106 valence electrons. The summed E-state index contributed by atoms with van der Waals surface area (Å²) in [5.41, 5.74) is 1.32. The molecule has 1 aromatic rings. The molecule has 0 fully saturated rings. The lowest BCUT2D eigenvalue weighted by molar-refractivity contribution is 0.122. The normalized spacial score (nSPS) is 17.5. The van der Waals surface area contributed by atoms with Crippen LogP contribution in [0.25, 0.3) is 0 Å². The van der Waals surface area contributed by atoms with E-state index in [1.807, 2.05) is 12.1 Å². The number of nitrogens with one attached hydrogen (secondary N) is 1. The average Bonchev–Trinajstić information content (AvgIpc) is 2.79. The number of ether oxygens (including phenoxy) is 2. The predicted octanol–water partition coefficient (Wildman–Crippen LogP) is 2.64. The number of benzene rings is 1. The average molecular weight is 263 g/mol. The lowest BCUT2D eigenvalue weighted by atomic mass is 10.1. The molecule has 19 heavy (non-hydrogen) atoms. The Morgan fingerprint density at radius 2 is 2.16 bits per heavy atom. The third-order valence-corrected chi connectivity index (χ3v) is 3.35. The van der Waals surface area contributed by atoms with E-state index in [2.05, 4.69) is 31.3 Å². The van der Waals surface area contributed by atoms with E-state index in [4.69, 9.17) is 9.47 Å². The molecule has 1 aliphatic heterocycles. The Kier molecular flexibility index (Phi) is 5.67. The molecule has 3 nitrogen and oxygen atoms in total. The molecule has 0 bridgehead atoms. The molecule has 1 atom stereocenters. The fourth-order valence-corrected chi connectivity index (χ4v) is 2.20. The summed E-state index contributed by atoms with van der Waals surface area (Å²) in [6, 6.07) is 8.28. The highest BCUT2D eigenvalue weighted by Gasteiger charge is 2.21. The van der Waals surface area contributed by atoms with Crippen LogP contribution >= 0.6 is 0 Å². The van der Waals surface area contributed by atoms with Gasteiger partial charge in [-0.2, -0.15) is 0 Å². The second kappa shape index (κ2) is 7.51. The molecule has 0 aliphatic carbocycles. The van der Waals surface area contributed by atoms with Gasteiger partial charge in [0.2, 0.25) is 0 Å². The molecule has 0 spiro atoms. The van der Waals surface area contributed by atoms with Crippen LogP contribution in [0, 0.1) is 5.92 Å². The molecule has 0 aromatic heterocycles. The standard InChI is InChI=1S/C16H25NO2/c1-13(2)7-9-18-10-8-17-12-15-11-14-5-3-4-6-16(14)19-15/h3-6,13,15,17H,7-12H2,1-2H3. The van der Waals surface area contributed by atoms with Crippen molar-refractivity contribution < 1.29 is 9.47 Å². The number of hydrogen-bond acceptors (Lipinski definition) is 3. The first kappa shape index (κ1) is 14.4. The molecule has 1 aromatic carbocycles. The molecule has 3 heteroatoms. The van der Waals surface area contributed by atoms with E-state index in [1.54, 1.807) is 0 Å². The van der Waals surface area contributed by atoms with Crippen LogP contribution in [-0.4, -0.2) is 32.4 Å². The van der Waals surface area contributed by atoms with Crippen molar-refractivity contribution >= 4 is 0 Å². The van der Waals surface area contributed by atoms with Crippen molar-refractivity contribution in [3.63, 3.8) is 0 Å². The second-order valence-electron chi connectivity index (χ2n) is 5.55. The molecule has 0 amide bonds. The van der Waals surface area contributed by atoms with Crippen LogP contribution in [0.1, 0.15) is 25.8 Å². The molecule has 1 unspecified atom stereocenters. The highest BCUT2D eigenvalue weighted by Crippen LogP contribution is 2.27. The van der Waals surface area contributed by atoms with Crippen LogP contribution in [0.15, 0.2) is 24.3 Å². The van der Waals surface area contributed by atoms with Crippen molar-refractivity contribution in [2.45, 2.75) is 32.8 Å². The zero-order chi connectivity index (χ0) is 13.5. The Balaban J connectivity index is 1.52. The van der Waals surface area contributed by atoms with Gasteiger partial charge in [-0.3, -0.25) is 0 Å². The SMILES string of the molecule is CC(C)CCOCCNCC1Cc2ccccc2O1. The fraction of sp³-hybridized carbons (Fsp3) is 0.625. The topological polar surface area (TPSA) is 30.5 Å². The number of fused-ring (bicyclic) bond motifs is 1. The molecule has 2 rings (SSSR count). The van der Waals surface area contributed by atoms with E-state index in [-0.39, 0.29) is 6.10 Å². The highest BCUT2D eigenvalue weighted by molar-refractivity contribution is 5.37. The Morgan fingerprint density at radius 3 is 2.95 bits per heavy atom. The van der Waals surface area contributed by atoms with E-state index in [0.29, 0.717) is 0 Å². The van der Waals surface area contributed by atoms with Crippen LogP contribution in [0.4, 0.5) is 0 Å². The van der Waals surface area contributed by atoms with E-state index >= 15 is 0 Å². The van der Waals surface area contributed by atoms with Crippen molar-refractivity contribution in [2.24, 2.45) is 5.92 Å². The van der Waals surface area contributed by atoms with Gasteiger partial charge in [0.25, 0.3) is 0 Å². The monoisotopic (exact) mass is 263 g/mol. The van der Waals surface area contributed by atoms with E-state index < -0.39 is 0 Å². The molecule has 0 saturated heterocycles. The summed E-state index contributed by atoms with van der Waals surface area (Å²) in [6.45, 7) is 7.88. The lowest BCUT2D eigenvalue weighted by Crippen LogP contribution is -2.32. The largest absolute Gasteiger partial charge is 0.488 e. The minimum Gasteiger partial charge on any atom is -0.488 e. The van der Waals surface area contributed by atoms with Crippen LogP contribution in [-0.2, 0) is 11.2 Å². The zero-order valence-electron chi connectivity index (χ0n) is 12.0. The first-order valence-corrected chi connectivity index (χ1v) is 7.28. The maximum atomic E-state index is 5.86. The summed E-state index contributed by atoms with van der Waals surface area (Å²) in [7, 11) is 0. The van der Waals surface area contributed by atoms with Gasteiger partial charge in [-0.15, -0.1) is 0 Å². The summed E-state index contributed by atoms with van der Waals surface area (Å²) < 4.78 is 11.4. The van der Waals surface area contributed by atoms with Gasteiger partial charge in [-0.05, 0) is 24.0 Å². The van der Waals surface area contributed by atoms with Crippen LogP contribution < -0.4 is 10.1 Å². The Labute approximate surface area is 116 Å². The van der Waals surface area contributed by atoms with Crippen molar-refractivity contribution in [3.8, 4) is 5.75 Å². The Hall–Kier alpha value is -1.06. The van der Waals surface area contributed by atoms with E-state index in [1.165, 1.54) is 5.56 Å². The maximum absolute atomic E-state index is 5.86. The fourth-order valence-electron chi connectivity index (χ4n) is 2.20. The Morgan fingerprint density at radius 1 is 1.32 bits per heavy atom. The lowest BCUT2D eigenvalue weighted by Gasteiger charge is -2.12. The first-order chi connectivity index (χ1) is 9.25. The van der Waals surface area contributed by atoms with Gasteiger partial charge in [0.1, 0.15) is 11.9 Å². The zero-order valence-corrected chi connectivity index (χ0v) is 12.0. The maximum Gasteiger partial charge on any atom is 0.123 e. The van der Waals surface area contributed by atoms with Crippen molar-refractivity contribution in [1.82, 2.24) is 5.32 Å². The summed E-state index contributed by atoms with van der Waals surface area (Å²) in [5.74, 6) is 1.76. The summed E-state index contributed by atoms with van der Waals surface area (Å²) in [6.07, 6.45) is 2.42. The molecule has 0 saturated carbocycles. The van der Waals surface area contributed by atoms with Crippen LogP contribution in [0.5, 0.6) is 5.75 Å². The van der Waals surface area contributed by atoms with E-state index in [9.17, 15) is 0 Å². The van der Waals surface area contributed by atoms with Crippen molar-refractivity contribution in [2.75, 3.05) is 26.3 Å². The number of rotatable bonds is 8. The smallest absolute Gasteiger partial charge is 0.123 e. The van der Waals surface area contributed by atoms with Crippen molar-refractivity contribution in [3.05, 3.63) is 29.8 Å². The second-order valence-corrected chi connectivity index (χ2v) is 5.55. The van der Waals surface area contributed by atoms with Crippen LogP contribution in [0.2, 0.25) is 0 Å². The highest BCUT2D eigenvalue weighted by atomic mass is 16.5. The number of hydrogen-bond donors (Lipinski definition) is 1. The molecule has 1 N–H and O–H groups in total. The van der Waals surface area contributed by atoms with Gasteiger partial charge >= 0.3 is 0 Å². The van der Waals surface area contributed by atoms with Crippen LogP contribution in [0.3, 0.4) is 0 Å². The summed E-state index contributed by atoms with van der Waals surface area (Å²) in [5, 5.41) is 3.40. The minimum atomic E-state index is 0.271. The summed E-state index contributed by atoms with van der Waals surface area (Å²) >= 11 is 0. The minimum absolute atomic E-state index is 0.271. The van der Waals surface area contributed by atoms with Gasteiger partial charge in [-0.1, -0.05) is 32.0 Å². The third kappa shape index (κ3) is 4.84. The molecular weight excluding hydrogens is 238 g/mol. The van der Waals surface area contributed by atoms with Gasteiger partial charge < -0.3 is 14.8 Å². The van der Waals surface area contributed by atoms with Crippen molar-refractivity contribution in [1.29, 1.82) is 0 Å². The molecular formula is C16H25NO2. The van der Waals surface area contributed by atoms with Gasteiger partial charge in [0, 0.05) is 26.1 Å². The molecule has 1 aliphatic rings. The molecule has 0 radical (unpaired) electrons. The first-order valence-electron chi connectivity index (χ1n) is 7.28. The summed E-state index contributed by atoms with van der Waals surface area (Å²) in [4.78, 5) is 0. The Bertz CT molecular complexity index is 354. The third-order valence-electron chi connectivity index (χ3n) is 3.35. The number of para-hydroxylation sites is 1. The van der Waals surface area contributed by atoms with Gasteiger partial charge in [0.15, 0.2) is 0 Å². The molecule has 1 heterocycles. The van der Waals surface area contributed by atoms with E-state index in [0.717, 1.165) is 50.8 Å². The van der Waals surface area contributed by atoms with Gasteiger partial charge in [-0.25, -0.2) is 0 Å².